The van der Waals surface area contributed by atoms with Crippen LogP contribution in [0.4, 0.5) is 5.69 Å². The van der Waals surface area contributed by atoms with Gasteiger partial charge < -0.3 is 27.8 Å². The van der Waals surface area contributed by atoms with E-state index in [2.05, 4.69) is 10.6 Å². The number of amides is 2. The maximum absolute atomic E-state index is 12.8. The van der Waals surface area contributed by atoms with Gasteiger partial charge in [-0.05, 0) is 68.1 Å². The van der Waals surface area contributed by atoms with Crippen LogP contribution in [-0.4, -0.2) is 37.0 Å². The number of nitrogens with one attached hydrogen (secondary N) is 2. The molecule has 0 saturated heterocycles. The molecule has 2 amide bonds. The summed E-state index contributed by atoms with van der Waals surface area (Å²) in [5, 5.41) is 7.86. The van der Waals surface area contributed by atoms with Crippen LogP contribution in [0, 0.1) is 0 Å². The maximum atomic E-state index is 12.8. The van der Waals surface area contributed by atoms with Crippen molar-refractivity contribution in [3.8, 4) is 0 Å². The smallest absolute Gasteiger partial charge is 0.246 e. The van der Waals surface area contributed by atoms with E-state index in [1.807, 2.05) is 42.5 Å². The highest BCUT2D eigenvalue weighted by atomic mass is 16.2. The van der Waals surface area contributed by atoms with Crippen LogP contribution in [0.25, 0.3) is 10.8 Å². The molecule has 7 nitrogen and oxygen atoms in total. The van der Waals surface area contributed by atoms with Gasteiger partial charge in [-0.15, -0.1) is 0 Å². The summed E-state index contributed by atoms with van der Waals surface area (Å²) in [6, 6.07) is 12.4. The lowest BCUT2D eigenvalue weighted by Crippen LogP contribution is -2.50. The van der Waals surface area contributed by atoms with Crippen molar-refractivity contribution in [3.05, 3.63) is 42.5 Å². The predicted octanol–water partition coefficient (Wildman–Crippen LogP) is 1.85. The van der Waals surface area contributed by atoms with E-state index in [-0.39, 0.29) is 11.8 Å². The van der Waals surface area contributed by atoms with Crippen LogP contribution in [0.5, 0.6) is 0 Å². The summed E-state index contributed by atoms with van der Waals surface area (Å²) in [5.41, 5.74) is 17.7. The molecule has 0 saturated carbocycles. The largest absolute Gasteiger partial charge is 0.343 e. The number of carbonyl (C=O) groups is 2. The van der Waals surface area contributed by atoms with Gasteiger partial charge in [0.2, 0.25) is 11.8 Å². The van der Waals surface area contributed by atoms with Crippen molar-refractivity contribution in [1.29, 1.82) is 0 Å². The SMILES string of the molecule is NCCCC[C@H](NC(=O)[C@@H](N)CCCCN)C(=O)Nc1ccc2ccccc2c1. The first kappa shape index (κ1) is 22.8. The van der Waals surface area contributed by atoms with E-state index < -0.39 is 12.1 Å². The van der Waals surface area contributed by atoms with Gasteiger partial charge in [0, 0.05) is 5.69 Å². The van der Waals surface area contributed by atoms with Crippen LogP contribution in [-0.2, 0) is 9.59 Å². The summed E-state index contributed by atoms with van der Waals surface area (Å²) in [6.07, 6.45) is 4.20. The van der Waals surface area contributed by atoms with Gasteiger partial charge in [-0.1, -0.05) is 36.8 Å². The standard InChI is InChI=1S/C22H33N5O2/c23-13-5-3-9-19(25)21(28)27-20(10-4-6-14-24)22(29)26-18-12-11-16-7-1-2-8-17(16)15-18/h1-2,7-8,11-12,15,19-20H,3-6,9-10,13-14,23-25H2,(H,26,29)(H,27,28)/t19-,20-/m0/s1. The Labute approximate surface area is 172 Å². The molecule has 0 heterocycles. The lowest BCUT2D eigenvalue weighted by molar-refractivity contribution is -0.127. The fourth-order valence-electron chi connectivity index (χ4n) is 3.18. The van der Waals surface area contributed by atoms with Crippen LogP contribution in [0.3, 0.4) is 0 Å². The van der Waals surface area contributed by atoms with Crippen molar-refractivity contribution in [1.82, 2.24) is 5.32 Å². The Bertz CT molecular complexity index is 796. The normalized spacial score (nSPS) is 13.1. The molecule has 29 heavy (non-hydrogen) atoms. The average Bonchev–Trinajstić information content (AvgIpc) is 2.73. The first-order valence-electron chi connectivity index (χ1n) is 10.3. The second-order valence-electron chi connectivity index (χ2n) is 7.29. The fraction of sp³-hybridized carbons (Fsp3) is 0.455. The summed E-state index contributed by atoms with van der Waals surface area (Å²) >= 11 is 0. The van der Waals surface area contributed by atoms with Crippen LogP contribution < -0.4 is 27.8 Å². The molecular formula is C22H33N5O2. The second kappa shape index (κ2) is 12.2. The van der Waals surface area contributed by atoms with Crippen LogP contribution in [0.2, 0.25) is 0 Å². The molecule has 0 bridgehead atoms. The van der Waals surface area contributed by atoms with E-state index in [4.69, 9.17) is 17.2 Å². The highest BCUT2D eigenvalue weighted by Crippen LogP contribution is 2.19. The van der Waals surface area contributed by atoms with Gasteiger partial charge in [-0.2, -0.15) is 0 Å². The van der Waals surface area contributed by atoms with Crippen LogP contribution in [0.15, 0.2) is 42.5 Å². The van der Waals surface area contributed by atoms with Crippen LogP contribution in [0.1, 0.15) is 38.5 Å². The van der Waals surface area contributed by atoms with Crippen molar-refractivity contribution in [2.75, 3.05) is 18.4 Å². The molecule has 0 aliphatic carbocycles. The molecule has 2 atom stereocenters. The molecule has 2 aromatic carbocycles. The van der Waals surface area contributed by atoms with Gasteiger partial charge in [0.25, 0.3) is 0 Å². The summed E-state index contributed by atoms with van der Waals surface area (Å²) < 4.78 is 0. The lowest BCUT2D eigenvalue weighted by atomic mass is 10.1. The summed E-state index contributed by atoms with van der Waals surface area (Å²) in [4.78, 5) is 25.3. The van der Waals surface area contributed by atoms with E-state index in [9.17, 15) is 9.59 Å². The maximum Gasteiger partial charge on any atom is 0.246 e. The quantitative estimate of drug-likeness (QED) is 0.347. The number of unbranched alkanes of at least 4 members (excludes halogenated alkanes) is 2. The molecule has 0 fully saturated rings. The minimum absolute atomic E-state index is 0.250. The topological polar surface area (TPSA) is 136 Å². The molecule has 158 valence electrons. The number of fused-ring (bicyclic) bond motifs is 1. The van der Waals surface area contributed by atoms with E-state index in [0.29, 0.717) is 31.6 Å². The molecule has 0 aliphatic heterocycles. The molecule has 2 aromatic rings. The molecule has 7 heteroatoms. The Kier molecular flexibility index (Phi) is 9.56. The predicted molar refractivity (Wildman–Crippen MR) is 118 cm³/mol. The van der Waals surface area contributed by atoms with Gasteiger partial charge in [-0.3, -0.25) is 9.59 Å². The van der Waals surface area contributed by atoms with E-state index >= 15 is 0 Å². The fourth-order valence-corrected chi connectivity index (χ4v) is 3.18. The van der Waals surface area contributed by atoms with Crippen molar-refractivity contribution in [2.45, 2.75) is 50.6 Å². The van der Waals surface area contributed by atoms with Gasteiger partial charge in [-0.25, -0.2) is 0 Å². The number of benzene rings is 2. The Morgan fingerprint density at radius 1 is 0.828 bits per heavy atom. The molecule has 0 spiro atoms. The minimum atomic E-state index is -0.652. The molecule has 0 aliphatic rings. The minimum Gasteiger partial charge on any atom is -0.343 e. The van der Waals surface area contributed by atoms with Gasteiger partial charge in [0.1, 0.15) is 6.04 Å². The molecule has 0 radical (unpaired) electrons. The monoisotopic (exact) mass is 399 g/mol. The zero-order valence-corrected chi connectivity index (χ0v) is 16.9. The highest BCUT2D eigenvalue weighted by Gasteiger charge is 2.23. The zero-order chi connectivity index (χ0) is 21.1. The van der Waals surface area contributed by atoms with Gasteiger partial charge >= 0.3 is 0 Å². The summed E-state index contributed by atoms with van der Waals surface area (Å²) in [6.45, 7) is 1.12. The Balaban J connectivity index is 2.02. The Morgan fingerprint density at radius 3 is 2.17 bits per heavy atom. The van der Waals surface area contributed by atoms with E-state index in [0.717, 1.165) is 36.5 Å². The highest BCUT2D eigenvalue weighted by molar-refractivity contribution is 5.99. The molecule has 8 N–H and O–H groups in total. The van der Waals surface area contributed by atoms with Crippen molar-refractivity contribution in [2.24, 2.45) is 17.2 Å². The summed E-state index contributed by atoms with van der Waals surface area (Å²) in [7, 11) is 0. The number of hydrogen-bond acceptors (Lipinski definition) is 5. The molecule has 0 aromatic heterocycles. The van der Waals surface area contributed by atoms with E-state index in [1.165, 1.54) is 0 Å². The van der Waals surface area contributed by atoms with Crippen molar-refractivity contribution < 1.29 is 9.59 Å². The first-order chi connectivity index (χ1) is 14.0. The lowest BCUT2D eigenvalue weighted by Gasteiger charge is -2.21. The first-order valence-corrected chi connectivity index (χ1v) is 10.3. The Morgan fingerprint density at radius 2 is 1.48 bits per heavy atom. The summed E-state index contributed by atoms with van der Waals surface area (Å²) in [5.74, 6) is -0.562. The number of anilines is 1. The molecular weight excluding hydrogens is 366 g/mol. The Hall–Kier alpha value is -2.48. The van der Waals surface area contributed by atoms with E-state index in [1.54, 1.807) is 0 Å². The third kappa shape index (κ3) is 7.45. The van der Waals surface area contributed by atoms with Gasteiger partial charge in [0.05, 0.1) is 6.04 Å². The molecule has 2 rings (SSSR count). The number of carbonyl (C=O) groups excluding carboxylic acids is 2. The van der Waals surface area contributed by atoms with Crippen molar-refractivity contribution >= 4 is 28.3 Å². The van der Waals surface area contributed by atoms with Crippen molar-refractivity contribution in [3.63, 3.8) is 0 Å². The third-order valence-electron chi connectivity index (χ3n) is 4.90. The number of hydrogen-bond donors (Lipinski definition) is 5. The van der Waals surface area contributed by atoms with Crippen LogP contribution >= 0.6 is 0 Å². The van der Waals surface area contributed by atoms with Gasteiger partial charge in [0.15, 0.2) is 0 Å². The average molecular weight is 400 g/mol. The molecule has 0 unspecified atom stereocenters. The number of nitrogens with two attached hydrogens (primary N) is 3. The zero-order valence-electron chi connectivity index (χ0n) is 16.9. The third-order valence-corrected chi connectivity index (χ3v) is 4.90. The second-order valence-corrected chi connectivity index (χ2v) is 7.29. The number of rotatable bonds is 12.